The van der Waals surface area contributed by atoms with Crippen molar-refractivity contribution in [1.82, 2.24) is 29.6 Å². The molecule has 0 radical (unpaired) electrons. The zero-order valence-corrected chi connectivity index (χ0v) is 14.9. The number of rotatable bonds is 3. The van der Waals surface area contributed by atoms with Crippen LogP contribution in [0.1, 0.15) is 28.2 Å². The molecule has 6 nitrogen and oxygen atoms in total. The van der Waals surface area contributed by atoms with Crippen LogP contribution >= 0.6 is 0 Å². The smallest absolute Gasteiger partial charge is 0.114 e. The fourth-order valence-electron chi connectivity index (χ4n) is 3.32. The lowest BCUT2D eigenvalue weighted by Crippen LogP contribution is -2.34. The fourth-order valence-corrected chi connectivity index (χ4v) is 3.32. The first-order chi connectivity index (χ1) is 12.1. The van der Waals surface area contributed by atoms with Gasteiger partial charge < -0.3 is 0 Å². The van der Waals surface area contributed by atoms with Crippen molar-refractivity contribution in [1.29, 1.82) is 0 Å². The van der Waals surface area contributed by atoms with Crippen LogP contribution in [-0.2, 0) is 19.6 Å². The Bertz CT molecular complexity index is 897. The van der Waals surface area contributed by atoms with Crippen molar-refractivity contribution in [2.45, 2.75) is 40.4 Å². The van der Waals surface area contributed by atoms with Crippen LogP contribution in [0.3, 0.4) is 0 Å². The van der Waals surface area contributed by atoms with Crippen LogP contribution < -0.4 is 0 Å². The summed E-state index contributed by atoms with van der Waals surface area (Å²) < 4.78 is 2.14. The van der Waals surface area contributed by atoms with Crippen molar-refractivity contribution >= 4 is 0 Å². The summed E-state index contributed by atoms with van der Waals surface area (Å²) in [5, 5.41) is 4.83. The number of pyridine rings is 1. The number of aromatic nitrogens is 5. The largest absolute Gasteiger partial charge is 0.290 e. The second-order valence-corrected chi connectivity index (χ2v) is 6.67. The molecular formula is C19H22N6. The molecule has 0 fully saturated rings. The molecule has 0 saturated heterocycles. The second kappa shape index (κ2) is 6.37. The van der Waals surface area contributed by atoms with Gasteiger partial charge in [-0.05, 0) is 32.4 Å². The minimum Gasteiger partial charge on any atom is -0.290 e. The van der Waals surface area contributed by atoms with Gasteiger partial charge in [-0.15, -0.1) is 0 Å². The highest BCUT2D eigenvalue weighted by molar-refractivity contribution is 5.63. The standard InChI is InChI=1S/C19H22N6/c1-13-5-4-6-20-18(13)19-15(3)17-12-24(7-8-25(17)23-19)11-16-10-21-14(2)9-22-16/h4-6,9-10H,7-8,11-12H2,1-3H3. The van der Waals surface area contributed by atoms with E-state index < -0.39 is 0 Å². The molecule has 4 heterocycles. The Morgan fingerprint density at radius 3 is 2.64 bits per heavy atom. The van der Waals surface area contributed by atoms with Crippen LogP contribution in [0.2, 0.25) is 0 Å². The monoisotopic (exact) mass is 334 g/mol. The predicted octanol–water partition coefficient (Wildman–Crippen LogP) is 2.68. The minimum atomic E-state index is 0.815. The van der Waals surface area contributed by atoms with Gasteiger partial charge in [0, 0.05) is 43.8 Å². The minimum absolute atomic E-state index is 0.815. The molecule has 1 aliphatic heterocycles. The summed E-state index contributed by atoms with van der Waals surface area (Å²) in [7, 11) is 0. The molecule has 0 aromatic carbocycles. The average Bonchev–Trinajstić information content (AvgIpc) is 2.94. The maximum Gasteiger partial charge on any atom is 0.114 e. The first-order valence-corrected chi connectivity index (χ1v) is 8.60. The Balaban J connectivity index is 1.59. The molecule has 3 aromatic heterocycles. The van der Waals surface area contributed by atoms with Gasteiger partial charge >= 0.3 is 0 Å². The van der Waals surface area contributed by atoms with E-state index in [0.717, 1.165) is 54.5 Å². The van der Waals surface area contributed by atoms with Gasteiger partial charge in [0.1, 0.15) is 5.69 Å². The van der Waals surface area contributed by atoms with E-state index in [1.165, 1.54) is 11.3 Å². The molecule has 0 saturated carbocycles. The van der Waals surface area contributed by atoms with Gasteiger partial charge in [0.2, 0.25) is 0 Å². The van der Waals surface area contributed by atoms with E-state index in [1.54, 1.807) is 0 Å². The quantitative estimate of drug-likeness (QED) is 0.737. The maximum absolute atomic E-state index is 4.83. The second-order valence-electron chi connectivity index (χ2n) is 6.67. The van der Waals surface area contributed by atoms with E-state index in [1.807, 2.05) is 31.6 Å². The van der Waals surface area contributed by atoms with Gasteiger partial charge in [0.15, 0.2) is 0 Å². The molecule has 0 spiro atoms. The maximum atomic E-state index is 4.83. The van der Waals surface area contributed by atoms with Crippen LogP contribution in [0.4, 0.5) is 0 Å². The lowest BCUT2D eigenvalue weighted by atomic mass is 10.1. The van der Waals surface area contributed by atoms with Gasteiger partial charge in [0.25, 0.3) is 0 Å². The summed E-state index contributed by atoms with van der Waals surface area (Å²) >= 11 is 0. The van der Waals surface area contributed by atoms with E-state index in [2.05, 4.69) is 44.4 Å². The van der Waals surface area contributed by atoms with Crippen molar-refractivity contribution in [3.8, 4) is 11.4 Å². The summed E-state index contributed by atoms with van der Waals surface area (Å²) in [6.45, 7) is 9.74. The zero-order chi connectivity index (χ0) is 17.4. The van der Waals surface area contributed by atoms with Crippen LogP contribution in [0.25, 0.3) is 11.4 Å². The van der Waals surface area contributed by atoms with Crippen molar-refractivity contribution in [2.75, 3.05) is 6.54 Å². The van der Waals surface area contributed by atoms with Crippen LogP contribution in [0, 0.1) is 20.8 Å². The number of aryl methyl sites for hydroxylation is 2. The third kappa shape index (κ3) is 3.05. The van der Waals surface area contributed by atoms with Crippen molar-refractivity contribution in [3.63, 3.8) is 0 Å². The number of hydrogen-bond donors (Lipinski definition) is 0. The molecule has 0 N–H and O–H groups in total. The average molecular weight is 334 g/mol. The van der Waals surface area contributed by atoms with Gasteiger partial charge in [-0.2, -0.15) is 5.10 Å². The molecular weight excluding hydrogens is 312 g/mol. The third-order valence-corrected chi connectivity index (χ3v) is 4.78. The molecule has 0 bridgehead atoms. The Morgan fingerprint density at radius 1 is 1.00 bits per heavy atom. The molecule has 0 amide bonds. The molecule has 25 heavy (non-hydrogen) atoms. The Kier molecular flexibility index (Phi) is 4.05. The summed E-state index contributed by atoms with van der Waals surface area (Å²) in [6.07, 6.45) is 5.54. The molecule has 0 aliphatic carbocycles. The molecule has 1 aliphatic rings. The third-order valence-electron chi connectivity index (χ3n) is 4.78. The Hall–Kier alpha value is -2.60. The predicted molar refractivity (Wildman–Crippen MR) is 95.8 cm³/mol. The Labute approximate surface area is 147 Å². The van der Waals surface area contributed by atoms with E-state index in [9.17, 15) is 0 Å². The van der Waals surface area contributed by atoms with Gasteiger partial charge in [-0.1, -0.05) is 6.07 Å². The Morgan fingerprint density at radius 2 is 1.88 bits per heavy atom. The first-order valence-electron chi connectivity index (χ1n) is 8.60. The lowest BCUT2D eigenvalue weighted by molar-refractivity contribution is 0.202. The molecule has 4 rings (SSSR count). The lowest BCUT2D eigenvalue weighted by Gasteiger charge is -2.27. The highest BCUT2D eigenvalue weighted by Gasteiger charge is 2.24. The molecule has 128 valence electrons. The van der Waals surface area contributed by atoms with Crippen molar-refractivity contribution in [2.24, 2.45) is 0 Å². The highest BCUT2D eigenvalue weighted by Crippen LogP contribution is 2.28. The van der Waals surface area contributed by atoms with Gasteiger partial charge in [-0.3, -0.25) is 24.5 Å². The van der Waals surface area contributed by atoms with Crippen LogP contribution in [-0.4, -0.2) is 36.2 Å². The molecule has 0 atom stereocenters. The normalized spacial score (nSPS) is 14.5. The van der Waals surface area contributed by atoms with Gasteiger partial charge in [0.05, 0.1) is 29.3 Å². The molecule has 3 aromatic rings. The summed E-state index contributed by atoms with van der Waals surface area (Å²) in [4.78, 5) is 15.8. The first kappa shape index (κ1) is 15.9. The van der Waals surface area contributed by atoms with Gasteiger partial charge in [-0.25, -0.2) is 0 Å². The number of nitrogens with zero attached hydrogens (tertiary/aromatic N) is 6. The number of hydrogen-bond acceptors (Lipinski definition) is 5. The van der Waals surface area contributed by atoms with Crippen LogP contribution in [0.5, 0.6) is 0 Å². The molecule has 6 heteroatoms. The fraction of sp³-hybridized carbons (Fsp3) is 0.368. The molecule has 0 unspecified atom stereocenters. The zero-order valence-electron chi connectivity index (χ0n) is 14.9. The van der Waals surface area contributed by atoms with E-state index >= 15 is 0 Å². The van der Waals surface area contributed by atoms with Crippen molar-refractivity contribution < 1.29 is 0 Å². The summed E-state index contributed by atoms with van der Waals surface area (Å²) in [5.74, 6) is 0. The van der Waals surface area contributed by atoms with Crippen LogP contribution in [0.15, 0.2) is 30.7 Å². The van der Waals surface area contributed by atoms with E-state index in [-0.39, 0.29) is 0 Å². The SMILES string of the molecule is Cc1cnc(CN2CCn3nc(-c4ncccc4C)c(C)c3C2)cn1. The summed E-state index contributed by atoms with van der Waals surface area (Å²) in [6, 6.07) is 4.05. The highest BCUT2D eigenvalue weighted by atomic mass is 15.3. The topological polar surface area (TPSA) is 59.7 Å². The number of fused-ring (bicyclic) bond motifs is 1. The van der Waals surface area contributed by atoms with E-state index in [0.29, 0.717) is 0 Å². The summed E-state index contributed by atoms with van der Waals surface area (Å²) in [5.41, 5.74) is 7.60. The van der Waals surface area contributed by atoms with Crippen molar-refractivity contribution in [3.05, 3.63) is 58.9 Å². The van der Waals surface area contributed by atoms with E-state index in [4.69, 9.17) is 5.10 Å².